The van der Waals surface area contributed by atoms with Gasteiger partial charge in [0.05, 0.1) is 17.4 Å². The first-order valence-electron chi connectivity index (χ1n) is 6.85. The van der Waals surface area contributed by atoms with Crippen LogP contribution in [0.5, 0.6) is 5.75 Å². The molecule has 23 heavy (non-hydrogen) atoms. The number of rotatable bonds is 4. The molecule has 0 saturated carbocycles. The van der Waals surface area contributed by atoms with E-state index in [9.17, 15) is 9.59 Å². The number of carbonyl (C=O) groups excluding carboxylic acids is 2. The molecule has 0 bridgehead atoms. The lowest BCUT2D eigenvalue weighted by atomic mass is 10.2. The minimum absolute atomic E-state index is 0.249. The van der Waals surface area contributed by atoms with Crippen LogP contribution < -0.4 is 10.5 Å². The summed E-state index contributed by atoms with van der Waals surface area (Å²) in [5.74, 6) is -0.896. The number of nitrogens with zero attached hydrogens (tertiary/aromatic N) is 2. The van der Waals surface area contributed by atoms with Crippen LogP contribution in [-0.4, -0.2) is 21.7 Å². The Kier molecular flexibility index (Phi) is 3.88. The molecule has 0 unspecified atom stereocenters. The first kappa shape index (κ1) is 14.5. The summed E-state index contributed by atoms with van der Waals surface area (Å²) in [6, 6.07) is 15.5. The van der Waals surface area contributed by atoms with Gasteiger partial charge in [0.2, 0.25) is 5.91 Å². The molecule has 0 spiro atoms. The van der Waals surface area contributed by atoms with E-state index in [1.165, 1.54) is 12.3 Å². The van der Waals surface area contributed by atoms with E-state index in [0.717, 1.165) is 5.69 Å². The fraction of sp³-hybridized carbons (Fsp3) is 0. The lowest BCUT2D eigenvalue weighted by Crippen LogP contribution is -2.12. The molecule has 0 atom stereocenters. The van der Waals surface area contributed by atoms with Crippen LogP contribution in [0.25, 0.3) is 5.69 Å². The van der Waals surface area contributed by atoms with Crippen LogP contribution >= 0.6 is 0 Å². The van der Waals surface area contributed by atoms with E-state index in [-0.39, 0.29) is 11.3 Å². The number of carbonyl (C=O) groups is 2. The van der Waals surface area contributed by atoms with Gasteiger partial charge in [0, 0.05) is 11.8 Å². The molecular formula is C17H13N3O3. The number of aromatic nitrogens is 2. The molecule has 6 nitrogen and oxygen atoms in total. The fourth-order valence-electron chi connectivity index (χ4n) is 2.03. The van der Waals surface area contributed by atoms with Gasteiger partial charge in [-0.1, -0.05) is 24.3 Å². The number of esters is 1. The quantitative estimate of drug-likeness (QED) is 0.591. The topological polar surface area (TPSA) is 87.2 Å². The Morgan fingerprint density at radius 2 is 1.78 bits per heavy atom. The van der Waals surface area contributed by atoms with Crippen molar-refractivity contribution in [1.82, 2.24) is 9.78 Å². The molecule has 3 rings (SSSR count). The Bertz CT molecular complexity index is 856. The normalized spacial score (nSPS) is 10.3. The Morgan fingerprint density at radius 3 is 2.52 bits per heavy atom. The number of ether oxygens (including phenoxy) is 1. The zero-order chi connectivity index (χ0) is 16.2. The molecule has 0 radical (unpaired) electrons. The summed E-state index contributed by atoms with van der Waals surface area (Å²) >= 11 is 0. The van der Waals surface area contributed by atoms with Crippen molar-refractivity contribution in [1.29, 1.82) is 0 Å². The van der Waals surface area contributed by atoms with Crippen LogP contribution in [0.4, 0.5) is 0 Å². The minimum atomic E-state index is -0.584. The molecule has 1 aromatic heterocycles. The largest absolute Gasteiger partial charge is 0.423 e. The molecule has 2 aromatic carbocycles. The van der Waals surface area contributed by atoms with Gasteiger partial charge in [-0.3, -0.25) is 4.79 Å². The lowest BCUT2D eigenvalue weighted by Gasteiger charge is -2.03. The molecule has 0 saturated heterocycles. The molecule has 114 valence electrons. The highest BCUT2D eigenvalue weighted by atomic mass is 16.5. The highest BCUT2D eigenvalue weighted by Crippen LogP contribution is 2.15. The number of primary amides is 1. The third-order valence-corrected chi connectivity index (χ3v) is 3.17. The maximum atomic E-state index is 12.1. The summed E-state index contributed by atoms with van der Waals surface area (Å²) < 4.78 is 6.82. The maximum Gasteiger partial charge on any atom is 0.346 e. The number of hydrogen-bond acceptors (Lipinski definition) is 4. The SMILES string of the molecule is NC(=O)c1cccc(OC(=O)c2cnn(-c3ccccc3)c2)c1. The highest BCUT2D eigenvalue weighted by molar-refractivity contribution is 5.94. The van der Waals surface area contributed by atoms with Crippen molar-refractivity contribution < 1.29 is 14.3 Å². The smallest absolute Gasteiger partial charge is 0.346 e. The number of nitrogens with two attached hydrogens (primary N) is 1. The highest BCUT2D eigenvalue weighted by Gasteiger charge is 2.13. The van der Waals surface area contributed by atoms with Crippen molar-refractivity contribution in [2.45, 2.75) is 0 Å². The van der Waals surface area contributed by atoms with Crippen LogP contribution in [0.1, 0.15) is 20.7 Å². The Balaban J connectivity index is 1.78. The first-order valence-corrected chi connectivity index (χ1v) is 6.85. The molecule has 0 aliphatic heterocycles. The van der Waals surface area contributed by atoms with Gasteiger partial charge in [-0.15, -0.1) is 0 Å². The fourth-order valence-corrected chi connectivity index (χ4v) is 2.03. The van der Waals surface area contributed by atoms with Gasteiger partial charge in [-0.05, 0) is 30.3 Å². The van der Waals surface area contributed by atoms with E-state index < -0.39 is 11.9 Å². The lowest BCUT2D eigenvalue weighted by molar-refractivity contribution is 0.0733. The minimum Gasteiger partial charge on any atom is -0.423 e. The van der Waals surface area contributed by atoms with E-state index in [1.54, 1.807) is 29.1 Å². The van der Waals surface area contributed by atoms with Crippen LogP contribution in [0.2, 0.25) is 0 Å². The van der Waals surface area contributed by atoms with Crippen LogP contribution in [0, 0.1) is 0 Å². The van der Waals surface area contributed by atoms with E-state index in [2.05, 4.69) is 5.10 Å². The Morgan fingerprint density at radius 1 is 1.00 bits per heavy atom. The zero-order valence-electron chi connectivity index (χ0n) is 12.0. The second kappa shape index (κ2) is 6.15. The van der Waals surface area contributed by atoms with Crippen molar-refractivity contribution in [3.8, 4) is 11.4 Å². The number of hydrogen-bond donors (Lipinski definition) is 1. The summed E-state index contributed by atoms with van der Waals surface area (Å²) in [5.41, 5.74) is 6.61. The molecule has 2 N–H and O–H groups in total. The second-order valence-electron chi connectivity index (χ2n) is 4.79. The third kappa shape index (κ3) is 3.26. The van der Waals surface area contributed by atoms with Gasteiger partial charge in [0.15, 0.2) is 0 Å². The van der Waals surface area contributed by atoms with Crippen LogP contribution in [0.15, 0.2) is 67.0 Å². The average molecular weight is 307 g/mol. The monoisotopic (exact) mass is 307 g/mol. The predicted octanol–water partition coefficient (Wildman–Crippen LogP) is 2.19. The summed E-state index contributed by atoms with van der Waals surface area (Å²) in [7, 11) is 0. The molecule has 0 aliphatic carbocycles. The summed E-state index contributed by atoms with van der Waals surface area (Å²) in [6.45, 7) is 0. The average Bonchev–Trinajstić information content (AvgIpc) is 3.06. The second-order valence-corrected chi connectivity index (χ2v) is 4.79. The van der Waals surface area contributed by atoms with E-state index in [0.29, 0.717) is 5.56 Å². The maximum absolute atomic E-state index is 12.1. The zero-order valence-corrected chi connectivity index (χ0v) is 12.0. The first-order chi connectivity index (χ1) is 11.1. The predicted molar refractivity (Wildman–Crippen MR) is 83.5 cm³/mol. The molecular weight excluding hydrogens is 294 g/mol. The van der Waals surface area contributed by atoms with Gasteiger partial charge in [0.1, 0.15) is 5.75 Å². The van der Waals surface area contributed by atoms with E-state index in [4.69, 9.17) is 10.5 Å². The van der Waals surface area contributed by atoms with Gasteiger partial charge in [0.25, 0.3) is 0 Å². The summed E-state index contributed by atoms with van der Waals surface area (Å²) in [4.78, 5) is 23.3. The Hall–Kier alpha value is -3.41. The summed E-state index contributed by atoms with van der Waals surface area (Å²) in [5, 5.41) is 4.14. The molecule has 1 amide bonds. The number of benzene rings is 2. The van der Waals surface area contributed by atoms with E-state index >= 15 is 0 Å². The molecule has 3 aromatic rings. The molecule has 0 fully saturated rings. The standard InChI is InChI=1S/C17H13N3O3/c18-16(21)12-5-4-8-15(9-12)23-17(22)13-10-19-20(11-13)14-6-2-1-3-7-14/h1-11H,(H2,18,21). The van der Waals surface area contributed by atoms with Crippen molar-refractivity contribution in [3.05, 3.63) is 78.1 Å². The van der Waals surface area contributed by atoms with Crippen molar-refractivity contribution in [2.24, 2.45) is 5.73 Å². The molecule has 0 aliphatic rings. The molecule has 6 heteroatoms. The third-order valence-electron chi connectivity index (χ3n) is 3.17. The van der Waals surface area contributed by atoms with Gasteiger partial charge < -0.3 is 10.5 Å². The van der Waals surface area contributed by atoms with Crippen molar-refractivity contribution >= 4 is 11.9 Å². The van der Waals surface area contributed by atoms with Gasteiger partial charge >= 0.3 is 5.97 Å². The van der Waals surface area contributed by atoms with Gasteiger partial charge in [-0.25, -0.2) is 9.48 Å². The van der Waals surface area contributed by atoms with Gasteiger partial charge in [-0.2, -0.15) is 5.10 Å². The summed E-state index contributed by atoms with van der Waals surface area (Å²) in [6.07, 6.45) is 3.00. The van der Waals surface area contributed by atoms with Crippen molar-refractivity contribution in [2.75, 3.05) is 0 Å². The number of amides is 1. The Labute approximate surface area is 132 Å². The van der Waals surface area contributed by atoms with Crippen LogP contribution in [0.3, 0.4) is 0 Å². The number of para-hydroxylation sites is 1. The van der Waals surface area contributed by atoms with Crippen LogP contribution in [-0.2, 0) is 0 Å². The molecule has 1 heterocycles. The van der Waals surface area contributed by atoms with Crippen molar-refractivity contribution in [3.63, 3.8) is 0 Å². The van der Waals surface area contributed by atoms with E-state index in [1.807, 2.05) is 30.3 Å².